The minimum absolute atomic E-state index is 0.890. The second-order valence-corrected chi connectivity index (χ2v) is 5.33. The molecule has 0 aliphatic heterocycles. The molecule has 18 heavy (non-hydrogen) atoms. The third-order valence-electron chi connectivity index (χ3n) is 2.97. The van der Waals surface area contributed by atoms with Crippen LogP contribution in [0.1, 0.15) is 12.0 Å². The van der Waals surface area contributed by atoms with Crippen LogP contribution in [-0.4, -0.2) is 45.7 Å². The maximum absolute atomic E-state index is 5.23. The van der Waals surface area contributed by atoms with Gasteiger partial charge in [-0.2, -0.15) is 0 Å². The molecule has 0 aliphatic rings. The molecule has 1 rings (SSSR count). The van der Waals surface area contributed by atoms with Crippen LogP contribution in [-0.2, 0) is 6.42 Å². The SMILES string of the molecule is CNCCCN(C)CCc1ccc(OC)c(Br)c1. The lowest BCUT2D eigenvalue weighted by molar-refractivity contribution is 0.332. The zero-order valence-corrected chi connectivity index (χ0v) is 13.1. The van der Waals surface area contributed by atoms with Gasteiger partial charge in [-0.05, 0) is 73.7 Å². The first kappa shape index (κ1) is 15.5. The van der Waals surface area contributed by atoms with Crippen LogP contribution >= 0.6 is 15.9 Å². The Morgan fingerprint density at radius 2 is 2.11 bits per heavy atom. The fourth-order valence-corrected chi connectivity index (χ4v) is 2.41. The summed E-state index contributed by atoms with van der Waals surface area (Å²) in [5.74, 6) is 0.890. The van der Waals surface area contributed by atoms with E-state index in [9.17, 15) is 0 Å². The van der Waals surface area contributed by atoms with Crippen LogP contribution in [0.25, 0.3) is 0 Å². The van der Waals surface area contributed by atoms with Crippen molar-refractivity contribution in [3.63, 3.8) is 0 Å². The van der Waals surface area contributed by atoms with E-state index in [1.54, 1.807) is 7.11 Å². The summed E-state index contributed by atoms with van der Waals surface area (Å²) >= 11 is 3.52. The van der Waals surface area contributed by atoms with Crippen LogP contribution in [0.5, 0.6) is 5.75 Å². The number of ether oxygens (including phenoxy) is 1. The van der Waals surface area contributed by atoms with Crippen LogP contribution in [0.3, 0.4) is 0 Å². The van der Waals surface area contributed by atoms with Gasteiger partial charge in [0.15, 0.2) is 0 Å². The van der Waals surface area contributed by atoms with E-state index in [0.717, 1.165) is 36.3 Å². The quantitative estimate of drug-likeness (QED) is 0.746. The van der Waals surface area contributed by atoms with Gasteiger partial charge in [-0.3, -0.25) is 0 Å². The number of likely N-dealkylation sites (N-methyl/N-ethyl adjacent to an activating group) is 1. The largest absolute Gasteiger partial charge is 0.496 e. The molecular formula is C14H23BrN2O. The van der Waals surface area contributed by atoms with Gasteiger partial charge >= 0.3 is 0 Å². The fraction of sp³-hybridized carbons (Fsp3) is 0.571. The summed E-state index contributed by atoms with van der Waals surface area (Å²) in [5.41, 5.74) is 1.34. The molecule has 0 spiro atoms. The molecule has 1 aromatic rings. The van der Waals surface area contributed by atoms with Crippen LogP contribution in [0, 0.1) is 0 Å². The van der Waals surface area contributed by atoms with Gasteiger partial charge in [0.05, 0.1) is 11.6 Å². The Morgan fingerprint density at radius 1 is 1.33 bits per heavy atom. The van der Waals surface area contributed by atoms with Crippen molar-refractivity contribution in [2.24, 2.45) is 0 Å². The molecule has 0 radical (unpaired) electrons. The van der Waals surface area contributed by atoms with Gasteiger partial charge < -0.3 is 15.0 Å². The van der Waals surface area contributed by atoms with Gasteiger partial charge in [-0.15, -0.1) is 0 Å². The van der Waals surface area contributed by atoms with Gasteiger partial charge in [0, 0.05) is 6.54 Å². The molecule has 0 unspecified atom stereocenters. The van der Waals surface area contributed by atoms with Crippen molar-refractivity contribution in [3.05, 3.63) is 28.2 Å². The van der Waals surface area contributed by atoms with Crippen LogP contribution in [0.15, 0.2) is 22.7 Å². The normalized spacial score (nSPS) is 10.9. The highest BCUT2D eigenvalue weighted by Gasteiger charge is 2.03. The topological polar surface area (TPSA) is 24.5 Å². The molecule has 0 aromatic heterocycles. The fourth-order valence-electron chi connectivity index (χ4n) is 1.82. The van der Waals surface area contributed by atoms with Crippen molar-refractivity contribution >= 4 is 15.9 Å². The summed E-state index contributed by atoms with van der Waals surface area (Å²) in [6.07, 6.45) is 2.26. The molecule has 0 saturated heterocycles. The maximum Gasteiger partial charge on any atom is 0.133 e. The highest BCUT2D eigenvalue weighted by atomic mass is 79.9. The molecular weight excluding hydrogens is 292 g/mol. The predicted molar refractivity (Wildman–Crippen MR) is 80.4 cm³/mol. The number of halogens is 1. The lowest BCUT2D eigenvalue weighted by atomic mass is 10.1. The average Bonchev–Trinajstić information content (AvgIpc) is 2.37. The molecule has 0 amide bonds. The zero-order valence-electron chi connectivity index (χ0n) is 11.5. The lowest BCUT2D eigenvalue weighted by Crippen LogP contribution is -2.24. The minimum atomic E-state index is 0.890. The van der Waals surface area contributed by atoms with Gasteiger partial charge in [-0.1, -0.05) is 6.07 Å². The maximum atomic E-state index is 5.23. The van der Waals surface area contributed by atoms with E-state index in [0.29, 0.717) is 0 Å². The predicted octanol–water partition coefficient (Wildman–Crippen LogP) is 2.54. The van der Waals surface area contributed by atoms with E-state index < -0.39 is 0 Å². The number of methoxy groups -OCH3 is 1. The Labute approximate surface area is 119 Å². The zero-order chi connectivity index (χ0) is 13.4. The van der Waals surface area contributed by atoms with Crippen LogP contribution in [0.2, 0.25) is 0 Å². The van der Waals surface area contributed by atoms with E-state index in [4.69, 9.17) is 4.74 Å². The second-order valence-electron chi connectivity index (χ2n) is 4.48. The molecule has 3 nitrogen and oxygen atoms in total. The Bertz CT molecular complexity index is 358. The molecule has 0 saturated carbocycles. The van der Waals surface area contributed by atoms with Crippen molar-refractivity contribution in [3.8, 4) is 5.75 Å². The molecule has 0 atom stereocenters. The average molecular weight is 315 g/mol. The van der Waals surface area contributed by atoms with E-state index in [1.165, 1.54) is 12.0 Å². The highest BCUT2D eigenvalue weighted by Crippen LogP contribution is 2.25. The second kappa shape index (κ2) is 8.51. The number of nitrogens with zero attached hydrogens (tertiary/aromatic N) is 1. The number of rotatable bonds is 8. The monoisotopic (exact) mass is 314 g/mol. The standard InChI is InChI=1S/C14H23BrN2O/c1-16-8-4-9-17(2)10-7-12-5-6-14(18-3)13(15)11-12/h5-6,11,16H,4,7-10H2,1-3H3. The highest BCUT2D eigenvalue weighted by molar-refractivity contribution is 9.10. The lowest BCUT2D eigenvalue weighted by Gasteiger charge is -2.16. The number of hydrogen-bond acceptors (Lipinski definition) is 3. The number of benzene rings is 1. The minimum Gasteiger partial charge on any atom is -0.496 e. The third-order valence-corrected chi connectivity index (χ3v) is 3.58. The summed E-state index contributed by atoms with van der Waals surface area (Å²) in [6, 6.07) is 6.28. The summed E-state index contributed by atoms with van der Waals surface area (Å²) < 4.78 is 6.25. The van der Waals surface area contributed by atoms with Crippen molar-refractivity contribution in [1.82, 2.24) is 10.2 Å². The molecule has 0 fully saturated rings. The van der Waals surface area contributed by atoms with Crippen molar-refractivity contribution in [2.75, 3.05) is 40.8 Å². The van der Waals surface area contributed by atoms with E-state index >= 15 is 0 Å². The van der Waals surface area contributed by atoms with Crippen LogP contribution < -0.4 is 10.1 Å². The molecule has 0 aliphatic carbocycles. The van der Waals surface area contributed by atoms with E-state index in [1.807, 2.05) is 13.1 Å². The van der Waals surface area contributed by atoms with Crippen LogP contribution in [0.4, 0.5) is 0 Å². The first-order valence-corrected chi connectivity index (χ1v) is 7.12. The Kier molecular flexibility index (Phi) is 7.32. The Morgan fingerprint density at radius 3 is 2.72 bits per heavy atom. The van der Waals surface area contributed by atoms with E-state index in [2.05, 4.69) is 45.3 Å². The van der Waals surface area contributed by atoms with Gasteiger partial charge in [0.1, 0.15) is 5.75 Å². The Balaban J connectivity index is 2.36. The van der Waals surface area contributed by atoms with Gasteiger partial charge in [-0.25, -0.2) is 0 Å². The molecule has 102 valence electrons. The number of nitrogens with one attached hydrogen (secondary N) is 1. The van der Waals surface area contributed by atoms with Crippen molar-refractivity contribution < 1.29 is 4.74 Å². The Hall–Kier alpha value is -0.580. The van der Waals surface area contributed by atoms with Crippen molar-refractivity contribution in [1.29, 1.82) is 0 Å². The summed E-state index contributed by atoms with van der Waals surface area (Å²) in [6.45, 7) is 3.30. The van der Waals surface area contributed by atoms with Gasteiger partial charge in [0.2, 0.25) is 0 Å². The smallest absolute Gasteiger partial charge is 0.133 e. The number of hydrogen-bond donors (Lipinski definition) is 1. The third kappa shape index (κ3) is 5.38. The summed E-state index contributed by atoms with van der Waals surface area (Å²) in [5, 5.41) is 3.17. The molecule has 1 aromatic carbocycles. The molecule has 0 bridgehead atoms. The summed E-state index contributed by atoms with van der Waals surface area (Å²) in [4.78, 5) is 2.37. The van der Waals surface area contributed by atoms with E-state index in [-0.39, 0.29) is 0 Å². The summed E-state index contributed by atoms with van der Waals surface area (Å²) in [7, 11) is 5.86. The van der Waals surface area contributed by atoms with Crippen molar-refractivity contribution in [2.45, 2.75) is 12.8 Å². The molecule has 1 N–H and O–H groups in total. The van der Waals surface area contributed by atoms with Gasteiger partial charge in [0.25, 0.3) is 0 Å². The first-order valence-electron chi connectivity index (χ1n) is 6.33. The first-order chi connectivity index (χ1) is 8.67. The molecule has 4 heteroatoms. The molecule has 0 heterocycles.